The van der Waals surface area contributed by atoms with Crippen molar-refractivity contribution in [1.29, 1.82) is 0 Å². The third kappa shape index (κ3) is 4.08. The molecule has 2 amide bonds. The van der Waals surface area contributed by atoms with E-state index in [0.717, 1.165) is 19.3 Å². The molecular formula is C11H20N2O3. The number of carbonyl (C=O) groups excluding carboxylic acids is 1. The number of carbonyl (C=O) groups is 2. The molecule has 0 aromatic rings. The fraction of sp³-hybridized carbons (Fsp3) is 0.818. The number of piperidine rings is 1. The SMILES string of the molecule is CCCNC(=O)N1CCC(CC(=O)O)CC1. The molecule has 5 heteroatoms. The fourth-order valence-electron chi connectivity index (χ4n) is 1.93. The van der Waals surface area contributed by atoms with Gasteiger partial charge in [0.2, 0.25) is 0 Å². The molecule has 0 bridgehead atoms. The van der Waals surface area contributed by atoms with Gasteiger partial charge in [0, 0.05) is 26.1 Å². The number of rotatable bonds is 4. The summed E-state index contributed by atoms with van der Waals surface area (Å²) < 4.78 is 0. The van der Waals surface area contributed by atoms with Crippen molar-refractivity contribution >= 4 is 12.0 Å². The van der Waals surface area contributed by atoms with E-state index in [2.05, 4.69) is 5.32 Å². The first kappa shape index (κ1) is 12.8. The maximum Gasteiger partial charge on any atom is 0.317 e. The molecule has 0 unspecified atom stereocenters. The van der Waals surface area contributed by atoms with Gasteiger partial charge in [0.1, 0.15) is 0 Å². The Labute approximate surface area is 95.8 Å². The summed E-state index contributed by atoms with van der Waals surface area (Å²) in [6.45, 7) is 4.06. The average molecular weight is 228 g/mol. The van der Waals surface area contributed by atoms with Crippen molar-refractivity contribution in [2.45, 2.75) is 32.6 Å². The lowest BCUT2D eigenvalue weighted by molar-refractivity contribution is -0.138. The second-order valence-electron chi connectivity index (χ2n) is 4.26. The highest BCUT2D eigenvalue weighted by Gasteiger charge is 2.23. The largest absolute Gasteiger partial charge is 0.481 e. The van der Waals surface area contributed by atoms with Crippen molar-refractivity contribution < 1.29 is 14.7 Å². The van der Waals surface area contributed by atoms with Gasteiger partial charge in [0.25, 0.3) is 0 Å². The molecule has 1 aliphatic rings. The van der Waals surface area contributed by atoms with Crippen LogP contribution in [0, 0.1) is 5.92 Å². The number of likely N-dealkylation sites (tertiary alicyclic amines) is 1. The highest BCUT2D eigenvalue weighted by molar-refractivity contribution is 5.74. The highest BCUT2D eigenvalue weighted by atomic mass is 16.4. The Hall–Kier alpha value is -1.26. The molecule has 16 heavy (non-hydrogen) atoms. The van der Waals surface area contributed by atoms with Crippen molar-refractivity contribution in [3.63, 3.8) is 0 Å². The van der Waals surface area contributed by atoms with Crippen LogP contribution < -0.4 is 5.32 Å². The monoisotopic (exact) mass is 228 g/mol. The molecule has 92 valence electrons. The van der Waals surface area contributed by atoms with Crippen LogP contribution in [0.25, 0.3) is 0 Å². The van der Waals surface area contributed by atoms with Gasteiger partial charge in [-0.1, -0.05) is 6.92 Å². The topological polar surface area (TPSA) is 69.6 Å². The van der Waals surface area contributed by atoms with E-state index < -0.39 is 5.97 Å². The van der Waals surface area contributed by atoms with Crippen LogP contribution in [0.3, 0.4) is 0 Å². The smallest absolute Gasteiger partial charge is 0.317 e. The normalized spacial score (nSPS) is 17.2. The standard InChI is InChI=1S/C11H20N2O3/c1-2-5-12-11(16)13-6-3-9(4-7-13)8-10(14)15/h9H,2-8H2,1H3,(H,12,16)(H,14,15). The summed E-state index contributed by atoms with van der Waals surface area (Å²) in [5.41, 5.74) is 0. The van der Waals surface area contributed by atoms with Gasteiger partial charge in [-0.25, -0.2) is 4.79 Å². The molecule has 0 aromatic carbocycles. The van der Waals surface area contributed by atoms with Crippen LogP contribution in [0.15, 0.2) is 0 Å². The van der Waals surface area contributed by atoms with Crippen molar-refractivity contribution in [3.8, 4) is 0 Å². The summed E-state index contributed by atoms with van der Waals surface area (Å²) in [4.78, 5) is 23.9. The second-order valence-corrected chi connectivity index (χ2v) is 4.26. The number of carboxylic acids is 1. The molecule has 1 heterocycles. The van der Waals surface area contributed by atoms with Crippen molar-refractivity contribution in [1.82, 2.24) is 10.2 Å². The van der Waals surface area contributed by atoms with Gasteiger partial charge in [0.05, 0.1) is 0 Å². The molecule has 1 rings (SSSR count). The molecule has 0 atom stereocenters. The minimum atomic E-state index is -0.742. The summed E-state index contributed by atoms with van der Waals surface area (Å²) >= 11 is 0. The first-order valence-electron chi connectivity index (χ1n) is 5.88. The van der Waals surface area contributed by atoms with Gasteiger partial charge in [-0.2, -0.15) is 0 Å². The Balaban J connectivity index is 2.25. The average Bonchev–Trinajstić information content (AvgIpc) is 2.26. The van der Waals surface area contributed by atoms with Crippen LogP contribution in [0.4, 0.5) is 4.79 Å². The zero-order valence-corrected chi connectivity index (χ0v) is 9.74. The second kappa shape index (κ2) is 6.35. The minimum Gasteiger partial charge on any atom is -0.481 e. The lowest BCUT2D eigenvalue weighted by Gasteiger charge is -2.31. The molecule has 0 saturated carbocycles. The van der Waals surface area contributed by atoms with Crippen LogP contribution in [0.5, 0.6) is 0 Å². The van der Waals surface area contributed by atoms with Crippen molar-refractivity contribution in [2.24, 2.45) is 5.92 Å². The number of amides is 2. The van der Waals surface area contributed by atoms with Gasteiger partial charge < -0.3 is 15.3 Å². The maximum absolute atomic E-state index is 11.6. The van der Waals surface area contributed by atoms with Crippen LogP contribution in [-0.4, -0.2) is 41.6 Å². The Morgan fingerprint density at radius 3 is 2.50 bits per heavy atom. The van der Waals surface area contributed by atoms with E-state index in [1.54, 1.807) is 4.90 Å². The van der Waals surface area contributed by atoms with Gasteiger partial charge in [0.15, 0.2) is 0 Å². The quantitative estimate of drug-likeness (QED) is 0.761. The van der Waals surface area contributed by atoms with Gasteiger partial charge in [-0.15, -0.1) is 0 Å². The summed E-state index contributed by atoms with van der Waals surface area (Å²) in [6, 6.07) is -0.0179. The molecule has 1 saturated heterocycles. The zero-order valence-electron chi connectivity index (χ0n) is 9.74. The summed E-state index contributed by atoms with van der Waals surface area (Å²) in [6.07, 6.45) is 2.75. The van der Waals surface area contributed by atoms with E-state index in [4.69, 9.17) is 5.11 Å². The van der Waals surface area contributed by atoms with Gasteiger partial charge in [-0.3, -0.25) is 4.79 Å². The number of nitrogens with one attached hydrogen (secondary N) is 1. The van der Waals surface area contributed by atoms with Crippen LogP contribution in [0.2, 0.25) is 0 Å². The third-order valence-electron chi connectivity index (χ3n) is 2.89. The first-order chi connectivity index (χ1) is 7.63. The summed E-state index contributed by atoms with van der Waals surface area (Å²) in [7, 11) is 0. The van der Waals surface area contributed by atoms with Gasteiger partial charge >= 0.3 is 12.0 Å². The molecule has 0 radical (unpaired) electrons. The predicted molar refractivity (Wildman–Crippen MR) is 60.2 cm³/mol. The summed E-state index contributed by atoms with van der Waals surface area (Å²) in [5.74, 6) is -0.512. The van der Waals surface area contributed by atoms with Crippen LogP contribution in [0.1, 0.15) is 32.6 Å². The Kier molecular flexibility index (Phi) is 5.08. The molecular weight excluding hydrogens is 208 g/mol. The molecule has 1 fully saturated rings. The van der Waals surface area contributed by atoms with E-state index in [1.165, 1.54) is 0 Å². The van der Waals surface area contributed by atoms with Crippen molar-refractivity contribution in [3.05, 3.63) is 0 Å². The van der Waals surface area contributed by atoms with E-state index in [1.807, 2.05) is 6.92 Å². The minimum absolute atomic E-state index is 0.0179. The highest BCUT2D eigenvalue weighted by Crippen LogP contribution is 2.20. The van der Waals surface area contributed by atoms with E-state index >= 15 is 0 Å². The molecule has 1 aliphatic heterocycles. The lowest BCUT2D eigenvalue weighted by atomic mass is 9.94. The molecule has 0 aliphatic carbocycles. The first-order valence-corrected chi connectivity index (χ1v) is 5.88. The van der Waals surface area contributed by atoms with E-state index in [-0.39, 0.29) is 18.4 Å². The van der Waals surface area contributed by atoms with Gasteiger partial charge in [-0.05, 0) is 25.2 Å². The number of hydrogen-bond donors (Lipinski definition) is 2. The molecule has 2 N–H and O–H groups in total. The predicted octanol–water partition coefficient (Wildman–Crippen LogP) is 1.29. The van der Waals surface area contributed by atoms with Crippen LogP contribution >= 0.6 is 0 Å². The molecule has 5 nitrogen and oxygen atoms in total. The third-order valence-corrected chi connectivity index (χ3v) is 2.89. The molecule has 0 spiro atoms. The number of nitrogens with zero attached hydrogens (tertiary/aromatic N) is 1. The Bertz CT molecular complexity index is 248. The van der Waals surface area contributed by atoms with E-state index in [0.29, 0.717) is 19.6 Å². The van der Waals surface area contributed by atoms with Crippen molar-refractivity contribution in [2.75, 3.05) is 19.6 Å². The zero-order chi connectivity index (χ0) is 12.0. The molecule has 0 aromatic heterocycles. The number of aliphatic carboxylic acids is 1. The fourth-order valence-corrected chi connectivity index (χ4v) is 1.93. The van der Waals surface area contributed by atoms with Crippen LogP contribution in [-0.2, 0) is 4.79 Å². The Morgan fingerprint density at radius 1 is 1.38 bits per heavy atom. The summed E-state index contributed by atoms with van der Waals surface area (Å²) in [5, 5.41) is 11.5. The number of urea groups is 1. The van der Waals surface area contributed by atoms with E-state index in [9.17, 15) is 9.59 Å². The Morgan fingerprint density at radius 2 is 2.00 bits per heavy atom. The lowest BCUT2D eigenvalue weighted by Crippen LogP contribution is -2.44. The number of hydrogen-bond acceptors (Lipinski definition) is 2. The maximum atomic E-state index is 11.6. The number of carboxylic acid groups (broad SMARTS) is 1.